The van der Waals surface area contributed by atoms with Crippen molar-refractivity contribution in [2.45, 2.75) is 52.5 Å². The molecule has 42 heavy (non-hydrogen) atoms. The predicted octanol–water partition coefficient (Wildman–Crippen LogP) is 7.44. The average molecular weight is 586 g/mol. The Balaban J connectivity index is 0.000000526. The molecule has 0 unspecified atom stereocenters. The van der Waals surface area contributed by atoms with Crippen LogP contribution in [0.3, 0.4) is 0 Å². The first-order valence-electron chi connectivity index (χ1n) is 13.9. The number of thiophene rings is 1. The standard InChI is InChI=1S/C27H24N4O3S.C3H5NO.C2H6/c1-16-15-19(34-18-9-3-2-4-10-18)11-12-20(16)31-21-13-14-28-26-22(21)23(30-27(31)33)24(35-26)25(32)29-17-7-5-6-8-17;1-2-3(4)5;1-2/h2-4,9-15,17H,5-8H2,1H3,(H,29,32)(H,30,33);2H,1H2,(H2,4,5);1-2H3. The monoisotopic (exact) mass is 585 g/mol. The number of hydrogen-bond acceptors (Lipinski definition) is 6. The first-order chi connectivity index (χ1) is 20.4. The van der Waals surface area contributed by atoms with Gasteiger partial charge >= 0.3 is 6.03 Å². The van der Waals surface area contributed by atoms with E-state index in [1.165, 1.54) is 11.3 Å². The summed E-state index contributed by atoms with van der Waals surface area (Å²) in [5.41, 5.74) is 7.42. The largest absolute Gasteiger partial charge is 0.457 e. The maximum Gasteiger partial charge on any atom is 0.331 e. The van der Waals surface area contributed by atoms with Crippen LogP contribution in [0, 0.1) is 6.92 Å². The molecule has 1 aliphatic heterocycles. The molecule has 218 valence electrons. The number of nitrogens with one attached hydrogen (secondary N) is 2. The lowest BCUT2D eigenvalue weighted by Gasteiger charge is -2.29. The number of pyridine rings is 1. The van der Waals surface area contributed by atoms with Gasteiger partial charge in [0, 0.05) is 12.2 Å². The van der Waals surface area contributed by atoms with Crippen LogP contribution in [0.15, 0.2) is 73.4 Å². The van der Waals surface area contributed by atoms with Crippen LogP contribution in [-0.2, 0) is 4.79 Å². The highest BCUT2D eigenvalue weighted by atomic mass is 32.1. The second-order valence-corrected chi connectivity index (χ2v) is 10.5. The summed E-state index contributed by atoms with van der Waals surface area (Å²) in [5.74, 6) is 0.813. The summed E-state index contributed by atoms with van der Waals surface area (Å²) in [6, 6.07) is 16.9. The summed E-state index contributed by atoms with van der Waals surface area (Å²) in [6.07, 6.45) is 7.01. The maximum absolute atomic E-state index is 13.4. The van der Waals surface area contributed by atoms with Gasteiger partial charge in [-0.15, -0.1) is 11.3 Å². The second-order valence-electron chi connectivity index (χ2n) is 9.51. The number of rotatable bonds is 6. The number of ether oxygens (including phenoxy) is 1. The van der Waals surface area contributed by atoms with Crippen LogP contribution in [-0.4, -0.2) is 28.9 Å². The molecule has 1 fully saturated rings. The molecule has 0 spiro atoms. The molecule has 1 aliphatic carbocycles. The summed E-state index contributed by atoms with van der Waals surface area (Å²) >= 11 is 1.32. The van der Waals surface area contributed by atoms with E-state index in [4.69, 9.17) is 4.74 Å². The van der Waals surface area contributed by atoms with Crippen LogP contribution < -0.4 is 26.0 Å². The lowest BCUT2D eigenvalue weighted by atomic mass is 10.1. The number of carbonyl (C=O) groups excluding carboxylic acids is 3. The van der Waals surface area contributed by atoms with Crippen LogP contribution in [0.1, 0.15) is 54.8 Å². The fraction of sp³-hybridized carbons (Fsp3) is 0.250. The Morgan fingerprint density at radius 3 is 2.43 bits per heavy atom. The number of urea groups is 1. The number of carbonyl (C=O) groups is 3. The van der Waals surface area contributed by atoms with Gasteiger partial charge in [0.2, 0.25) is 5.91 Å². The average Bonchev–Trinajstić information content (AvgIpc) is 3.64. The molecule has 4 aromatic rings. The Morgan fingerprint density at radius 1 is 1.10 bits per heavy atom. The smallest absolute Gasteiger partial charge is 0.331 e. The van der Waals surface area contributed by atoms with Gasteiger partial charge in [0.1, 0.15) is 21.2 Å². The topological polar surface area (TPSA) is 127 Å². The minimum atomic E-state index is -0.481. The molecule has 3 heterocycles. The highest BCUT2D eigenvalue weighted by molar-refractivity contribution is 7.21. The SMILES string of the molecule is C=CC(N)=O.CC.Cc1cc(Oc2ccccc2)ccc1N1C(=O)Nc2c(C(=O)NC3CCCC3)sc3nccc1c23. The minimum Gasteiger partial charge on any atom is -0.457 e. The summed E-state index contributed by atoms with van der Waals surface area (Å²) in [4.78, 5) is 43.3. The van der Waals surface area contributed by atoms with Crippen LogP contribution in [0.2, 0.25) is 0 Å². The van der Waals surface area contributed by atoms with Crippen LogP contribution in [0.25, 0.3) is 10.2 Å². The number of hydrogen-bond donors (Lipinski definition) is 3. The molecule has 1 saturated carbocycles. The number of benzene rings is 2. The maximum atomic E-state index is 13.4. The molecule has 2 aromatic carbocycles. The number of anilines is 3. The van der Waals surface area contributed by atoms with E-state index in [1.54, 1.807) is 11.1 Å². The Kier molecular flexibility index (Phi) is 9.93. The van der Waals surface area contributed by atoms with E-state index in [1.807, 2.05) is 75.4 Å². The number of aromatic nitrogens is 1. The van der Waals surface area contributed by atoms with E-state index < -0.39 is 5.91 Å². The van der Waals surface area contributed by atoms with Gasteiger partial charge in [-0.3, -0.25) is 14.5 Å². The fourth-order valence-electron chi connectivity index (χ4n) is 4.87. The van der Waals surface area contributed by atoms with Gasteiger partial charge in [0.15, 0.2) is 0 Å². The van der Waals surface area contributed by atoms with E-state index in [0.717, 1.165) is 59.0 Å². The summed E-state index contributed by atoms with van der Waals surface area (Å²) in [7, 11) is 0. The first-order valence-corrected chi connectivity index (χ1v) is 14.8. The highest BCUT2D eigenvalue weighted by Gasteiger charge is 2.33. The highest BCUT2D eigenvalue weighted by Crippen LogP contribution is 2.46. The molecule has 0 saturated heterocycles. The number of nitrogens with two attached hydrogens (primary N) is 1. The number of para-hydroxylation sites is 1. The Bertz CT molecular complexity index is 1600. The molecule has 4 N–H and O–H groups in total. The molecule has 0 atom stereocenters. The number of primary amides is 1. The van der Waals surface area contributed by atoms with E-state index >= 15 is 0 Å². The summed E-state index contributed by atoms with van der Waals surface area (Å²) in [6.45, 7) is 9.03. The fourth-order valence-corrected chi connectivity index (χ4v) is 5.89. The number of amides is 4. The zero-order valence-corrected chi connectivity index (χ0v) is 24.8. The molecule has 9 nitrogen and oxygen atoms in total. The second kappa shape index (κ2) is 13.8. The molecule has 2 aromatic heterocycles. The van der Waals surface area contributed by atoms with Gasteiger partial charge in [0.05, 0.1) is 22.4 Å². The normalized spacial score (nSPS) is 13.7. The summed E-state index contributed by atoms with van der Waals surface area (Å²) < 4.78 is 5.95. The molecule has 4 amide bonds. The van der Waals surface area contributed by atoms with Crippen LogP contribution in [0.4, 0.5) is 21.9 Å². The molecule has 2 aliphatic rings. The Labute approximate surface area is 249 Å². The van der Waals surface area contributed by atoms with Gasteiger partial charge in [-0.1, -0.05) is 51.5 Å². The Hall–Kier alpha value is -4.70. The van der Waals surface area contributed by atoms with Crippen molar-refractivity contribution in [1.82, 2.24) is 10.3 Å². The zero-order chi connectivity index (χ0) is 30.2. The van der Waals surface area contributed by atoms with E-state index in [2.05, 4.69) is 27.9 Å². The van der Waals surface area contributed by atoms with Crippen molar-refractivity contribution in [3.8, 4) is 11.5 Å². The van der Waals surface area contributed by atoms with E-state index in [0.29, 0.717) is 22.0 Å². The number of nitrogens with zero attached hydrogens (tertiary/aromatic N) is 2. The lowest BCUT2D eigenvalue weighted by Crippen LogP contribution is -2.36. The molecule has 0 radical (unpaired) electrons. The van der Waals surface area contributed by atoms with Gasteiger partial charge in [-0.2, -0.15) is 0 Å². The third-order valence-corrected chi connectivity index (χ3v) is 7.83. The summed E-state index contributed by atoms with van der Waals surface area (Å²) in [5, 5.41) is 6.90. The van der Waals surface area contributed by atoms with Crippen LogP contribution >= 0.6 is 11.3 Å². The minimum absolute atomic E-state index is 0.145. The van der Waals surface area contributed by atoms with Gasteiger partial charge in [-0.05, 0) is 67.8 Å². The van der Waals surface area contributed by atoms with E-state index in [-0.39, 0.29) is 18.0 Å². The van der Waals surface area contributed by atoms with Crippen molar-refractivity contribution in [3.63, 3.8) is 0 Å². The van der Waals surface area contributed by atoms with Crippen molar-refractivity contribution in [2.24, 2.45) is 5.73 Å². The van der Waals surface area contributed by atoms with Crippen molar-refractivity contribution >= 4 is 56.5 Å². The molecule has 10 heteroatoms. The third-order valence-electron chi connectivity index (χ3n) is 6.73. The predicted molar refractivity (Wildman–Crippen MR) is 169 cm³/mol. The molecule has 0 bridgehead atoms. The van der Waals surface area contributed by atoms with E-state index in [9.17, 15) is 14.4 Å². The lowest BCUT2D eigenvalue weighted by molar-refractivity contribution is -0.113. The number of aryl methyl sites for hydroxylation is 1. The van der Waals surface area contributed by atoms with Crippen molar-refractivity contribution in [2.75, 3.05) is 10.2 Å². The van der Waals surface area contributed by atoms with Crippen LogP contribution in [0.5, 0.6) is 11.5 Å². The van der Waals surface area contributed by atoms with Crippen molar-refractivity contribution in [1.29, 1.82) is 0 Å². The van der Waals surface area contributed by atoms with Crippen molar-refractivity contribution < 1.29 is 19.1 Å². The van der Waals surface area contributed by atoms with Gasteiger partial charge < -0.3 is 21.1 Å². The van der Waals surface area contributed by atoms with Crippen molar-refractivity contribution in [3.05, 3.63) is 83.9 Å². The quantitative estimate of drug-likeness (QED) is 0.203. The molecular weight excluding hydrogens is 550 g/mol. The molecule has 6 rings (SSSR count). The zero-order valence-electron chi connectivity index (χ0n) is 24.0. The molecular formula is C32H35N5O4S. The third kappa shape index (κ3) is 6.60. The Morgan fingerprint density at radius 2 is 1.79 bits per heavy atom. The van der Waals surface area contributed by atoms with Gasteiger partial charge in [-0.25, -0.2) is 9.78 Å². The first kappa shape index (κ1) is 30.3. The van der Waals surface area contributed by atoms with Gasteiger partial charge in [0.25, 0.3) is 5.91 Å².